The molecular formula is C45H44ClN5O5S. The van der Waals surface area contributed by atoms with E-state index in [-0.39, 0.29) is 44.2 Å². The summed E-state index contributed by atoms with van der Waals surface area (Å²) in [6.45, 7) is 7.11. The lowest BCUT2D eigenvalue weighted by molar-refractivity contribution is 0.0734. The maximum Gasteiger partial charge on any atom is 0.280 e. The lowest BCUT2D eigenvalue weighted by Crippen LogP contribution is -2.37. The predicted octanol–water partition coefficient (Wildman–Crippen LogP) is 8.70. The van der Waals surface area contributed by atoms with Gasteiger partial charge in [-0.25, -0.2) is 17.8 Å². The quantitative estimate of drug-likeness (QED) is 0.132. The monoisotopic (exact) mass is 801 g/mol. The SMILES string of the molecule is CCCCN(C(=O)c1nn(-c2ccc(C(=O)NS(=O)(=O)c3ccc4ccccc4c3)cc2C(=O)N2CCc3ccccc3C2)c(C)c1Cl)c1ccc(CCC)cc1. The second-order valence-electron chi connectivity index (χ2n) is 14.3. The van der Waals surface area contributed by atoms with Crippen molar-refractivity contribution < 1.29 is 22.8 Å². The fraction of sp³-hybridized carbons (Fsp3) is 0.244. The Morgan fingerprint density at radius 3 is 2.30 bits per heavy atom. The van der Waals surface area contributed by atoms with E-state index in [9.17, 15) is 22.8 Å². The highest BCUT2D eigenvalue weighted by atomic mass is 35.5. The lowest BCUT2D eigenvalue weighted by Gasteiger charge is -2.29. The van der Waals surface area contributed by atoms with E-state index in [1.54, 1.807) is 34.9 Å². The fourth-order valence-corrected chi connectivity index (χ4v) is 8.43. The van der Waals surface area contributed by atoms with Crippen LogP contribution in [-0.2, 0) is 29.4 Å². The van der Waals surface area contributed by atoms with Gasteiger partial charge in [0.15, 0.2) is 5.69 Å². The highest BCUT2D eigenvalue weighted by Gasteiger charge is 2.30. The maximum absolute atomic E-state index is 14.6. The smallest absolute Gasteiger partial charge is 0.280 e. The van der Waals surface area contributed by atoms with E-state index in [1.807, 2.05) is 60.7 Å². The number of hydrogen-bond acceptors (Lipinski definition) is 6. The number of carbonyl (C=O) groups is 3. The number of nitrogens with zero attached hydrogens (tertiary/aromatic N) is 4. The first kappa shape index (κ1) is 39.5. The third-order valence-corrected chi connectivity index (χ3v) is 12.2. The summed E-state index contributed by atoms with van der Waals surface area (Å²) >= 11 is 6.92. The van der Waals surface area contributed by atoms with E-state index >= 15 is 0 Å². The van der Waals surface area contributed by atoms with Gasteiger partial charge in [0, 0.05) is 30.9 Å². The molecule has 1 aromatic heterocycles. The Hall–Kier alpha value is -5.78. The molecule has 3 amide bonds. The minimum Gasteiger partial charge on any atom is -0.334 e. The molecule has 292 valence electrons. The Morgan fingerprint density at radius 1 is 0.842 bits per heavy atom. The van der Waals surface area contributed by atoms with Crippen LogP contribution in [0.4, 0.5) is 5.69 Å². The fourth-order valence-electron chi connectivity index (χ4n) is 7.22. The highest BCUT2D eigenvalue weighted by molar-refractivity contribution is 7.90. The van der Waals surface area contributed by atoms with Crippen LogP contribution in [0.1, 0.15) is 86.7 Å². The van der Waals surface area contributed by atoms with Crippen molar-refractivity contribution in [2.45, 2.75) is 64.3 Å². The molecule has 0 spiro atoms. The number of halogens is 1. The van der Waals surface area contributed by atoms with Crippen LogP contribution in [0.25, 0.3) is 16.5 Å². The van der Waals surface area contributed by atoms with E-state index < -0.39 is 15.9 Å². The van der Waals surface area contributed by atoms with Gasteiger partial charge in [-0.2, -0.15) is 5.10 Å². The molecule has 0 saturated carbocycles. The summed E-state index contributed by atoms with van der Waals surface area (Å²) in [6, 6.07) is 32.2. The average molecular weight is 802 g/mol. The summed E-state index contributed by atoms with van der Waals surface area (Å²) in [4.78, 5) is 45.9. The standard InChI is InChI=1S/C45H44ClN5O5S/c1-4-6-25-50(37-20-16-31(11-5-2)17-21-37)45(54)42-41(46)30(3)51(47-42)40-23-19-35(28-39(40)44(53)49-26-24-33-13-8-10-15-36(33)29-49)43(52)48-57(55,56)38-22-18-32-12-7-9-14-34(32)27-38/h7-10,12-23,27-28H,4-6,11,24-26,29H2,1-3H3,(H,48,52). The Labute approximate surface area is 338 Å². The first-order chi connectivity index (χ1) is 27.5. The van der Waals surface area contributed by atoms with Gasteiger partial charge in [-0.15, -0.1) is 0 Å². The van der Waals surface area contributed by atoms with E-state index in [4.69, 9.17) is 16.7 Å². The number of anilines is 1. The number of amides is 3. The van der Waals surface area contributed by atoms with Crippen LogP contribution in [0.5, 0.6) is 0 Å². The number of sulfonamides is 1. The van der Waals surface area contributed by atoms with Crippen molar-refractivity contribution in [3.8, 4) is 5.69 Å². The van der Waals surface area contributed by atoms with Gasteiger partial charge in [0.1, 0.15) is 0 Å². The first-order valence-electron chi connectivity index (χ1n) is 19.2. The molecule has 0 aliphatic carbocycles. The van der Waals surface area contributed by atoms with Crippen molar-refractivity contribution in [3.63, 3.8) is 0 Å². The van der Waals surface area contributed by atoms with Gasteiger partial charge < -0.3 is 9.80 Å². The number of hydrogen-bond donors (Lipinski definition) is 1. The van der Waals surface area contributed by atoms with E-state index in [1.165, 1.54) is 40.6 Å². The molecule has 0 bridgehead atoms. The normalized spacial score (nSPS) is 12.7. The molecule has 7 rings (SSSR count). The molecule has 0 atom stereocenters. The first-order valence-corrected chi connectivity index (χ1v) is 21.1. The molecule has 0 fully saturated rings. The molecule has 0 unspecified atom stereocenters. The zero-order chi connectivity index (χ0) is 40.3. The Morgan fingerprint density at radius 2 is 1.56 bits per heavy atom. The molecule has 57 heavy (non-hydrogen) atoms. The van der Waals surface area contributed by atoms with Crippen LogP contribution in [0.15, 0.2) is 114 Å². The van der Waals surface area contributed by atoms with Gasteiger partial charge in [0.2, 0.25) is 0 Å². The molecule has 6 aromatic rings. The zero-order valence-electron chi connectivity index (χ0n) is 32.2. The van der Waals surface area contributed by atoms with Crippen molar-refractivity contribution in [1.29, 1.82) is 0 Å². The molecule has 12 heteroatoms. The van der Waals surface area contributed by atoms with Gasteiger partial charge in [-0.1, -0.05) is 105 Å². The van der Waals surface area contributed by atoms with Crippen LogP contribution >= 0.6 is 11.6 Å². The number of nitrogens with one attached hydrogen (secondary N) is 1. The van der Waals surface area contributed by atoms with Crippen LogP contribution in [0.3, 0.4) is 0 Å². The zero-order valence-corrected chi connectivity index (χ0v) is 33.7. The molecule has 0 radical (unpaired) electrons. The van der Waals surface area contributed by atoms with Crippen molar-refractivity contribution in [3.05, 3.63) is 153 Å². The summed E-state index contributed by atoms with van der Waals surface area (Å²) in [5.41, 5.74) is 4.85. The van der Waals surface area contributed by atoms with Crippen LogP contribution in [-0.4, -0.2) is 53.9 Å². The summed E-state index contributed by atoms with van der Waals surface area (Å²) < 4.78 is 30.6. The number of unbranched alkanes of at least 4 members (excludes halogenated alkanes) is 1. The Bertz CT molecular complexity index is 2600. The Kier molecular flexibility index (Phi) is 11.6. The molecule has 2 heterocycles. The summed E-state index contributed by atoms with van der Waals surface area (Å²) in [7, 11) is -4.28. The summed E-state index contributed by atoms with van der Waals surface area (Å²) in [6.07, 6.45) is 4.21. The van der Waals surface area contributed by atoms with Gasteiger partial charge in [-0.05, 0) is 96.1 Å². The maximum atomic E-state index is 14.6. The van der Waals surface area contributed by atoms with Crippen molar-refractivity contribution >= 4 is 55.8 Å². The number of fused-ring (bicyclic) bond motifs is 2. The molecule has 1 aliphatic heterocycles. The third kappa shape index (κ3) is 8.22. The highest BCUT2D eigenvalue weighted by Crippen LogP contribution is 2.30. The molecule has 1 aliphatic rings. The van der Waals surface area contributed by atoms with Gasteiger partial charge >= 0.3 is 0 Å². The van der Waals surface area contributed by atoms with E-state index in [0.717, 1.165) is 47.9 Å². The second-order valence-corrected chi connectivity index (χ2v) is 16.4. The van der Waals surface area contributed by atoms with Gasteiger partial charge in [-0.3, -0.25) is 14.4 Å². The van der Waals surface area contributed by atoms with Crippen molar-refractivity contribution in [2.75, 3.05) is 18.0 Å². The molecule has 0 saturated heterocycles. The average Bonchev–Trinajstić information content (AvgIpc) is 3.53. The number of aromatic nitrogens is 2. The molecule has 1 N–H and O–H groups in total. The van der Waals surface area contributed by atoms with Crippen LogP contribution < -0.4 is 9.62 Å². The lowest BCUT2D eigenvalue weighted by atomic mass is 9.98. The Balaban J connectivity index is 1.26. The van der Waals surface area contributed by atoms with E-state index in [0.29, 0.717) is 37.1 Å². The summed E-state index contributed by atoms with van der Waals surface area (Å²) in [5, 5.41) is 6.43. The van der Waals surface area contributed by atoms with Crippen molar-refractivity contribution in [1.82, 2.24) is 19.4 Å². The van der Waals surface area contributed by atoms with Crippen molar-refractivity contribution in [2.24, 2.45) is 0 Å². The molecule has 5 aromatic carbocycles. The second kappa shape index (κ2) is 16.8. The summed E-state index contributed by atoms with van der Waals surface area (Å²) in [5.74, 6) is -1.67. The van der Waals surface area contributed by atoms with Crippen LogP contribution in [0, 0.1) is 6.92 Å². The van der Waals surface area contributed by atoms with E-state index in [2.05, 4.69) is 18.6 Å². The van der Waals surface area contributed by atoms with Gasteiger partial charge in [0.05, 0.1) is 26.9 Å². The number of benzene rings is 5. The topological polar surface area (TPSA) is 122 Å². The van der Waals surface area contributed by atoms with Gasteiger partial charge in [0.25, 0.3) is 27.7 Å². The predicted molar refractivity (Wildman–Crippen MR) is 224 cm³/mol. The number of carbonyl (C=O) groups excluding carboxylic acids is 3. The molecule has 10 nitrogen and oxygen atoms in total. The number of rotatable bonds is 12. The third-order valence-electron chi connectivity index (χ3n) is 10.4. The minimum absolute atomic E-state index is 0.0245. The molecular weight excluding hydrogens is 758 g/mol. The van der Waals surface area contributed by atoms with Crippen LogP contribution in [0.2, 0.25) is 5.02 Å². The number of aryl methyl sites for hydroxylation is 1. The largest absolute Gasteiger partial charge is 0.334 e. The minimum atomic E-state index is -4.28.